The molecule has 0 N–H and O–H groups in total. The first kappa shape index (κ1) is 11.5. The summed E-state index contributed by atoms with van der Waals surface area (Å²) in [5.74, 6) is -17.5. The summed E-state index contributed by atoms with van der Waals surface area (Å²) in [7, 11) is 0. The first-order chi connectivity index (χ1) is 5.90. The van der Waals surface area contributed by atoms with Crippen molar-refractivity contribution < 1.29 is 35.1 Å². The molecule has 14 heavy (non-hydrogen) atoms. The van der Waals surface area contributed by atoms with E-state index in [1.54, 1.807) is 0 Å². The molecule has 0 aliphatic heterocycles. The minimum absolute atomic E-state index is 0.313. The van der Waals surface area contributed by atoms with Gasteiger partial charge in [-0.15, -0.1) is 0 Å². The van der Waals surface area contributed by atoms with Crippen LogP contribution in [0.3, 0.4) is 0 Å². The lowest BCUT2D eigenvalue weighted by atomic mass is 10.0. The van der Waals surface area contributed by atoms with E-state index in [-0.39, 0.29) is 6.92 Å². The molecule has 2 atom stereocenters. The summed E-state index contributed by atoms with van der Waals surface area (Å²) in [6.45, 7) is -0.313. The van der Waals surface area contributed by atoms with Gasteiger partial charge in [0.15, 0.2) is 0 Å². The minimum Gasteiger partial charge on any atom is -0.237 e. The second kappa shape index (κ2) is 2.33. The average Bonchev–Trinajstić information content (AvgIpc) is 2.05. The van der Waals surface area contributed by atoms with Crippen molar-refractivity contribution in [1.82, 2.24) is 0 Å². The molecule has 0 heterocycles. The molecule has 0 saturated heterocycles. The third kappa shape index (κ3) is 0.844. The smallest absolute Gasteiger partial charge is 0.237 e. The van der Waals surface area contributed by atoms with Gasteiger partial charge in [-0.3, -0.25) is 0 Å². The van der Waals surface area contributed by atoms with Crippen LogP contribution in [-0.4, -0.2) is 29.6 Å². The lowest BCUT2D eigenvalue weighted by Crippen LogP contribution is -2.51. The third-order valence-corrected chi connectivity index (χ3v) is 2.22. The molecule has 0 spiro atoms. The van der Waals surface area contributed by atoms with Crippen molar-refractivity contribution in [3.63, 3.8) is 0 Å². The number of rotatable bonds is 0. The molecule has 0 aromatic heterocycles. The largest absolute Gasteiger partial charge is 0.378 e. The highest BCUT2D eigenvalue weighted by atomic mass is 19.4. The molecular formula is C6H4F8. The van der Waals surface area contributed by atoms with Crippen LogP contribution >= 0.6 is 0 Å². The van der Waals surface area contributed by atoms with E-state index in [0.29, 0.717) is 0 Å². The standard InChI is InChI=1S/C6H4F8/c1-3(8)2(7)4(9,10)6(13,14)5(3,11)12/h2H,1H3. The van der Waals surface area contributed by atoms with E-state index in [1.165, 1.54) is 0 Å². The molecule has 2 unspecified atom stereocenters. The summed E-state index contributed by atoms with van der Waals surface area (Å²) in [4.78, 5) is 0. The van der Waals surface area contributed by atoms with Gasteiger partial charge in [0, 0.05) is 0 Å². The first-order valence-corrected chi connectivity index (χ1v) is 3.37. The summed E-state index contributed by atoms with van der Waals surface area (Å²) in [5, 5.41) is 0. The Hall–Kier alpha value is -0.560. The van der Waals surface area contributed by atoms with Gasteiger partial charge in [-0.25, -0.2) is 8.78 Å². The molecule has 84 valence electrons. The Labute approximate surface area is 72.9 Å². The van der Waals surface area contributed by atoms with E-state index in [4.69, 9.17) is 0 Å². The van der Waals surface area contributed by atoms with Gasteiger partial charge in [0.2, 0.25) is 11.8 Å². The zero-order chi connectivity index (χ0) is 11.6. The maximum absolute atomic E-state index is 12.7. The van der Waals surface area contributed by atoms with Crippen LogP contribution in [0.5, 0.6) is 0 Å². The third-order valence-electron chi connectivity index (χ3n) is 2.22. The minimum atomic E-state index is -6.02. The van der Waals surface area contributed by atoms with Crippen LogP contribution in [0.15, 0.2) is 0 Å². The van der Waals surface area contributed by atoms with Gasteiger partial charge in [0.05, 0.1) is 0 Å². The predicted octanol–water partition coefficient (Wildman–Crippen LogP) is 2.97. The molecule has 0 aromatic rings. The summed E-state index contributed by atoms with van der Waals surface area (Å²) in [5.41, 5.74) is -4.58. The highest BCUT2D eigenvalue weighted by molar-refractivity contribution is 5.21. The van der Waals surface area contributed by atoms with Gasteiger partial charge in [0.25, 0.3) is 0 Å². The number of halogens is 8. The molecule has 1 rings (SSSR count). The van der Waals surface area contributed by atoms with Gasteiger partial charge in [0.1, 0.15) is 0 Å². The van der Waals surface area contributed by atoms with E-state index < -0.39 is 29.6 Å². The van der Waals surface area contributed by atoms with Crippen molar-refractivity contribution in [3.8, 4) is 0 Å². The molecule has 0 nitrogen and oxygen atoms in total. The predicted molar refractivity (Wildman–Crippen MR) is 29.2 cm³/mol. The quantitative estimate of drug-likeness (QED) is 0.559. The van der Waals surface area contributed by atoms with Gasteiger partial charge in [-0.1, -0.05) is 0 Å². The number of alkyl halides is 8. The molecular weight excluding hydrogens is 224 g/mol. The fraction of sp³-hybridized carbons (Fsp3) is 1.00. The molecule has 1 fully saturated rings. The topological polar surface area (TPSA) is 0 Å². The van der Waals surface area contributed by atoms with E-state index in [9.17, 15) is 35.1 Å². The maximum atomic E-state index is 12.7. The van der Waals surface area contributed by atoms with Gasteiger partial charge >= 0.3 is 17.8 Å². The van der Waals surface area contributed by atoms with Gasteiger partial charge < -0.3 is 0 Å². The fourth-order valence-electron chi connectivity index (χ4n) is 1.18. The Balaban J connectivity index is 3.38. The van der Waals surface area contributed by atoms with Crippen LogP contribution < -0.4 is 0 Å². The molecule has 0 aromatic carbocycles. The van der Waals surface area contributed by atoms with E-state index in [0.717, 1.165) is 0 Å². The lowest BCUT2D eigenvalue weighted by Gasteiger charge is -2.25. The molecule has 8 heteroatoms. The first-order valence-electron chi connectivity index (χ1n) is 3.37. The average molecular weight is 228 g/mol. The Morgan fingerprint density at radius 2 is 1.14 bits per heavy atom. The van der Waals surface area contributed by atoms with E-state index in [1.807, 2.05) is 0 Å². The maximum Gasteiger partial charge on any atom is 0.378 e. The zero-order valence-electron chi connectivity index (χ0n) is 6.60. The van der Waals surface area contributed by atoms with Crippen LogP contribution in [0.2, 0.25) is 0 Å². The summed E-state index contributed by atoms with van der Waals surface area (Å²) < 4.78 is 98.9. The monoisotopic (exact) mass is 228 g/mol. The van der Waals surface area contributed by atoms with Crippen LogP contribution in [0.1, 0.15) is 6.92 Å². The molecule has 1 aliphatic rings. The molecule has 0 amide bonds. The molecule has 0 bridgehead atoms. The zero-order valence-corrected chi connectivity index (χ0v) is 6.60. The number of hydrogen-bond acceptors (Lipinski definition) is 0. The molecule has 1 aliphatic carbocycles. The number of hydrogen-bond donors (Lipinski definition) is 0. The van der Waals surface area contributed by atoms with Crippen molar-refractivity contribution in [2.45, 2.75) is 36.5 Å². The van der Waals surface area contributed by atoms with Crippen molar-refractivity contribution in [1.29, 1.82) is 0 Å². The van der Waals surface area contributed by atoms with Crippen molar-refractivity contribution in [2.24, 2.45) is 0 Å². The Kier molecular flexibility index (Phi) is 1.92. The summed E-state index contributed by atoms with van der Waals surface area (Å²) in [6, 6.07) is 0. The van der Waals surface area contributed by atoms with E-state index >= 15 is 0 Å². The normalized spacial score (nSPS) is 43.9. The van der Waals surface area contributed by atoms with E-state index in [2.05, 4.69) is 0 Å². The fourth-order valence-corrected chi connectivity index (χ4v) is 1.18. The van der Waals surface area contributed by atoms with Crippen LogP contribution in [0.4, 0.5) is 35.1 Å². The van der Waals surface area contributed by atoms with Crippen LogP contribution in [0, 0.1) is 0 Å². The Morgan fingerprint density at radius 3 is 1.21 bits per heavy atom. The Bertz CT molecular complexity index is 229. The molecule has 1 saturated carbocycles. The summed E-state index contributed by atoms with van der Waals surface area (Å²) >= 11 is 0. The van der Waals surface area contributed by atoms with Crippen LogP contribution in [-0.2, 0) is 0 Å². The highest BCUT2D eigenvalue weighted by Gasteiger charge is 2.91. The van der Waals surface area contributed by atoms with Crippen LogP contribution in [0.25, 0.3) is 0 Å². The second-order valence-electron chi connectivity index (χ2n) is 3.21. The van der Waals surface area contributed by atoms with Gasteiger partial charge in [-0.05, 0) is 6.92 Å². The van der Waals surface area contributed by atoms with Crippen molar-refractivity contribution in [3.05, 3.63) is 0 Å². The summed E-state index contributed by atoms with van der Waals surface area (Å²) in [6.07, 6.45) is -4.24. The molecule has 0 radical (unpaired) electrons. The highest BCUT2D eigenvalue weighted by Crippen LogP contribution is 2.63. The van der Waals surface area contributed by atoms with Gasteiger partial charge in [-0.2, -0.15) is 26.3 Å². The van der Waals surface area contributed by atoms with Crippen molar-refractivity contribution >= 4 is 0 Å². The lowest BCUT2D eigenvalue weighted by molar-refractivity contribution is -0.287. The van der Waals surface area contributed by atoms with Crippen molar-refractivity contribution in [2.75, 3.05) is 0 Å². The second-order valence-corrected chi connectivity index (χ2v) is 3.21. The SMILES string of the molecule is CC1(F)C(F)C(F)(F)C(F)(F)C1(F)F. The Morgan fingerprint density at radius 1 is 0.786 bits per heavy atom.